The standard InChI is InChI=1S/C15H24N4O2/c1-10(2)14-17-8-12(16-3)13(18-14)15(20)19(4)9-11-6-5-7-21-11/h8,10-11,16H,5-7,9H2,1-4H3. The summed E-state index contributed by atoms with van der Waals surface area (Å²) in [7, 11) is 3.56. The lowest BCUT2D eigenvalue weighted by Crippen LogP contribution is -2.35. The molecule has 1 aliphatic heterocycles. The third-order valence-electron chi connectivity index (χ3n) is 3.64. The van der Waals surface area contributed by atoms with E-state index in [9.17, 15) is 4.79 Å². The molecule has 0 aromatic carbocycles. The number of rotatable bonds is 5. The van der Waals surface area contributed by atoms with Crippen LogP contribution in [0, 0.1) is 0 Å². The summed E-state index contributed by atoms with van der Waals surface area (Å²) in [6.45, 7) is 5.42. The molecule has 0 spiro atoms. The Morgan fingerprint density at radius 3 is 2.90 bits per heavy atom. The number of carbonyl (C=O) groups excluding carboxylic acids is 1. The van der Waals surface area contributed by atoms with Crippen molar-refractivity contribution in [3.05, 3.63) is 17.7 Å². The third-order valence-corrected chi connectivity index (χ3v) is 3.64. The van der Waals surface area contributed by atoms with E-state index in [0.717, 1.165) is 19.4 Å². The zero-order valence-corrected chi connectivity index (χ0v) is 13.2. The lowest BCUT2D eigenvalue weighted by atomic mass is 10.2. The highest BCUT2D eigenvalue weighted by Crippen LogP contribution is 2.19. The number of carbonyl (C=O) groups is 1. The first-order valence-corrected chi connectivity index (χ1v) is 7.44. The zero-order valence-electron chi connectivity index (χ0n) is 13.2. The maximum Gasteiger partial charge on any atom is 0.274 e. The lowest BCUT2D eigenvalue weighted by Gasteiger charge is -2.21. The minimum absolute atomic E-state index is 0.0980. The fourth-order valence-corrected chi connectivity index (χ4v) is 2.38. The summed E-state index contributed by atoms with van der Waals surface area (Å²) in [5.74, 6) is 0.771. The molecule has 1 unspecified atom stereocenters. The van der Waals surface area contributed by atoms with Gasteiger partial charge in [-0.3, -0.25) is 4.79 Å². The van der Waals surface area contributed by atoms with E-state index in [4.69, 9.17) is 4.74 Å². The Kier molecular flexibility index (Phi) is 5.12. The molecule has 6 nitrogen and oxygen atoms in total. The number of anilines is 1. The van der Waals surface area contributed by atoms with Crippen LogP contribution < -0.4 is 5.32 Å². The van der Waals surface area contributed by atoms with Gasteiger partial charge < -0.3 is 15.0 Å². The van der Waals surface area contributed by atoms with Crippen LogP contribution in [-0.4, -0.2) is 54.1 Å². The number of likely N-dealkylation sites (N-methyl/N-ethyl adjacent to an activating group) is 1. The normalized spacial score (nSPS) is 18.0. The summed E-state index contributed by atoms with van der Waals surface area (Å²) in [5, 5.41) is 2.99. The maximum absolute atomic E-state index is 12.6. The largest absolute Gasteiger partial charge is 0.385 e. The summed E-state index contributed by atoms with van der Waals surface area (Å²) in [5.41, 5.74) is 1.08. The van der Waals surface area contributed by atoms with Crippen LogP contribution in [0.2, 0.25) is 0 Å². The molecule has 1 aliphatic rings. The Labute approximate surface area is 125 Å². The summed E-state index contributed by atoms with van der Waals surface area (Å²) < 4.78 is 5.59. The summed E-state index contributed by atoms with van der Waals surface area (Å²) in [6, 6.07) is 0. The van der Waals surface area contributed by atoms with Crippen molar-refractivity contribution in [3.63, 3.8) is 0 Å². The highest BCUT2D eigenvalue weighted by molar-refractivity contribution is 5.97. The number of amides is 1. The van der Waals surface area contributed by atoms with Crippen LogP contribution in [0.25, 0.3) is 0 Å². The van der Waals surface area contributed by atoms with Gasteiger partial charge in [0.15, 0.2) is 5.69 Å². The smallest absolute Gasteiger partial charge is 0.274 e. The van der Waals surface area contributed by atoms with Crippen molar-refractivity contribution >= 4 is 11.6 Å². The molecule has 1 aromatic rings. The van der Waals surface area contributed by atoms with Crippen LogP contribution in [0.5, 0.6) is 0 Å². The number of ether oxygens (including phenoxy) is 1. The van der Waals surface area contributed by atoms with Gasteiger partial charge in [-0.15, -0.1) is 0 Å². The van der Waals surface area contributed by atoms with E-state index in [2.05, 4.69) is 15.3 Å². The molecule has 1 atom stereocenters. The van der Waals surface area contributed by atoms with Gasteiger partial charge in [-0.1, -0.05) is 13.8 Å². The highest BCUT2D eigenvalue weighted by Gasteiger charge is 2.24. The van der Waals surface area contributed by atoms with E-state index in [0.29, 0.717) is 23.8 Å². The van der Waals surface area contributed by atoms with Crippen LogP contribution in [0.3, 0.4) is 0 Å². The fourth-order valence-electron chi connectivity index (χ4n) is 2.38. The van der Waals surface area contributed by atoms with Crippen LogP contribution in [0.1, 0.15) is 48.9 Å². The molecule has 1 aromatic heterocycles. The number of hydrogen-bond acceptors (Lipinski definition) is 5. The summed E-state index contributed by atoms with van der Waals surface area (Å²) in [4.78, 5) is 23.0. The Morgan fingerprint density at radius 1 is 1.57 bits per heavy atom. The van der Waals surface area contributed by atoms with Crippen LogP contribution in [0.4, 0.5) is 5.69 Å². The second kappa shape index (κ2) is 6.85. The number of nitrogens with one attached hydrogen (secondary N) is 1. The summed E-state index contributed by atoms with van der Waals surface area (Å²) in [6.07, 6.45) is 3.90. The average molecular weight is 292 g/mol. The predicted octanol–water partition coefficient (Wildman–Crippen LogP) is 1.89. The van der Waals surface area contributed by atoms with E-state index >= 15 is 0 Å². The molecular formula is C15H24N4O2. The highest BCUT2D eigenvalue weighted by atomic mass is 16.5. The first-order chi connectivity index (χ1) is 10.0. The fraction of sp³-hybridized carbons (Fsp3) is 0.667. The maximum atomic E-state index is 12.6. The number of hydrogen-bond donors (Lipinski definition) is 1. The van der Waals surface area contributed by atoms with E-state index in [1.807, 2.05) is 13.8 Å². The molecular weight excluding hydrogens is 268 g/mol. The number of nitrogens with zero attached hydrogens (tertiary/aromatic N) is 3. The molecule has 0 radical (unpaired) electrons. The van der Waals surface area contributed by atoms with Gasteiger partial charge in [-0.2, -0.15) is 0 Å². The molecule has 1 amide bonds. The Balaban J connectivity index is 2.17. The van der Waals surface area contributed by atoms with E-state index < -0.39 is 0 Å². The molecule has 2 heterocycles. The Hall–Kier alpha value is -1.69. The van der Waals surface area contributed by atoms with E-state index in [-0.39, 0.29) is 17.9 Å². The van der Waals surface area contributed by atoms with Crippen LogP contribution >= 0.6 is 0 Å². The molecule has 1 N–H and O–H groups in total. The van der Waals surface area contributed by atoms with Gasteiger partial charge in [0.25, 0.3) is 5.91 Å². The quantitative estimate of drug-likeness (QED) is 0.897. The SMILES string of the molecule is CNc1cnc(C(C)C)nc1C(=O)N(C)CC1CCCO1. The van der Waals surface area contributed by atoms with Gasteiger partial charge >= 0.3 is 0 Å². The van der Waals surface area contributed by atoms with Gasteiger partial charge in [-0.05, 0) is 12.8 Å². The molecule has 0 aliphatic carbocycles. The van der Waals surface area contributed by atoms with Crippen molar-refractivity contribution in [1.29, 1.82) is 0 Å². The molecule has 6 heteroatoms. The van der Waals surface area contributed by atoms with Crippen molar-refractivity contribution in [2.75, 3.05) is 32.6 Å². The molecule has 0 saturated carbocycles. The monoisotopic (exact) mass is 292 g/mol. The van der Waals surface area contributed by atoms with Crippen molar-refractivity contribution in [3.8, 4) is 0 Å². The molecule has 116 valence electrons. The van der Waals surface area contributed by atoms with Gasteiger partial charge in [0.1, 0.15) is 5.82 Å². The van der Waals surface area contributed by atoms with Crippen molar-refractivity contribution in [2.24, 2.45) is 0 Å². The molecule has 1 fully saturated rings. The van der Waals surface area contributed by atoms with Gasteiger partial charge in [0.2, 0.25) is 0 Å². The third kappa shape index (κ3) is 3.69. The van der Waals surface area contributed by atoms with Crippen molar-refractivity contribution in [1.82, 2.24) is 14.9 Å². The second-order valence-electron chi connectivity index (χ2n) is 5.72. The van der Waals surface area contributed by atoms with Crippen molar-refractivity contribution < 1.29 is 9.53 Å². The van der Waals surface area contributed by atoms with Crippen molar-refractivity contribution in [2.45, 2.75) is 38.7 Å². The minimum Gasteiger partial charge on any atom is -0.385 e. The lowest BCUT2D eigenvalue weighted by molar-refractivity contribution is 0.0583. The molecule has 2 rings (SSSR count). The minimum atomic E-state index is -0.0980. The Bertz CT molecular complexity index is 498. The van der Waals surface area contributed by atoms with Crippen LogP contribution in [-0.2, 0) is 4.74 Å². The average Bonchev–Trinajstić information content (AvgIpc) is 2.98. The van der Waals surface area contributed by atoms with E-state index in [1.54, 1.807) is 25.2 Å². The van der Waals surface area contributed by atoms with Gasteiger partial charge in [0, 0.05) is 33.2 Å². The Morgan fingerprint density at radius 2 is 2.33 bits per heavy atom. The molecule has 1 saturated heterocycles. The second-order valence-corrected chi connectivity index (χ2v) is 5.72. The van der Waals surface area contributed by atoms with Gasteiger partial charge in [0.05, 0.1) is 18.0 Å². The number of aromatic nitrogens is 2. The molecule has 0 bridgehead atoms. The van der Waals surface area contributed by atoms with E-state index in [1.165, 1.54) is 0 Å². The van der Waals surface area contributed by atoms with Gasteiger partial charge in [-0.25, -0.2) is 9.97 Å². The predicted molar refractivity (Wildman–Crippen MR) is 81.6 cm³/mol. The molecule has 21 heavy (non-hydrogen) atoms. The zero-order chi connectivity index (χ0) is 15.4. The summed E-state index contributed by atoms with van der Waals surface area (Å²) >= 11 is 0. The van der Waals surface area contributed by atoms with Crippen LogP contribution in [0.15, 0.2) is 6.20 Å². The first kappa shape index (κ1) is 15.7. The first-order valence-electron chi connectivity index (χ1n) is 7.44. The topological polar surface area (TPSA) is 67.4 Å².